The van der Waals surface area contributed by atoms with Crippen molar-refractivity contribution < 1.29 is 19.0 Å². The van der Waals surface area contributed by atoms with E-state index in [4.69, 9.17) is 14.2 Å². The molecule has 24 heavy (non-hydrogen) atoms. The van der Waals surface area contributed by atoms with E-state index in [0.717, 1.165) is 5.69 Å². The van der Waals surface area contributed by atoms with Crippen molar-refractivity contribution in [1.29, 1.82) is 0 Å². The van der Waals surface area contributed by atoms with Crippen LogP contribution in [0.4, 0.5) is 5.69 Å². The molecule has 128 valence electrons. The van der Waals surface area contributed by atoms with Crippen LogP contribution in [0.1, 0.15) is 35.7 Å². The van der Waals surface area contributed by atoms with E-state index in [2.05, 4.69) is 19.2 Å². The molecule has 0 aromatic heterocycles. The summed E-state index contributed by atoms with van der Waals surface area (Å²) in [5.74, 6) is 1.57. The summed E-state index contributed by atoms with van der Waals surface area (Å²) in [6.45, 7) is 4.25. The summed E-state index contributed by atoms with van der Waals surface area (Å²) < 4.78 is 15.8. The van der Waals surface area contributed by atoms with Gasteiger partial charge in [0.25, 0.3) is 5.91 Å². The number of carbonyl (C=O) groups is 1. The molecule has 0 aliphatic carbocycles. The minimum atomic E-state index is -0.273. The lowest BCUT2D eigenvalue weighted by Gasteiger charge is -2.14. The lowest BCUT2D eigenvalue weighted by atomic mass is 10.0. The highest BCUT2D eigenvalue weighted by atomic mass is 16.5. The summed E-state index contributed by atoms with van der Waals surface area (Å²) in [7, 11) is 4.57. The molecule has 0 radical (unpaired) electrons. The van der Waals surface area contributed by atoms with Crippen LogP contribution in [0.5, 0.6) is 17.2 Å². The highest BCUT2D eigenvalue weighted by molar-refractivity contribution is 6.06. The normalized spacial score (nSPS) is 10.4. The molecule has 0 saturated carbocycles. The first-order valence-electron chi connectivity index (χ1n) is 7.71. The fraction of sp³-hybridized carbons (Fsp3) is 0.316. The van der Waals surface area contributed by atoms with Crippen molar-refractivity contribution in [3.63, 3.8) is 0 Å². The fourth-order valence-electron chi connectivity index (χ4n) is 2.36. The maximum Gasteiger partial charge on any atom is 0.259 e. The van der Waals surface area contributed by atoms with Crippen LogP contribution in [0, 0.1) is 0 Å². The summed E-state index contributed by atoms with van der Waals surface area (Å²) in [5.41, 5.74) is 2.32. The zero-order valence-corrected chi connectivity index (χ0v) is 14.7. The second-order valence-corrected chi connectivity index (χ2v) is 5.64. The third-order valence-corrected chi connectivity index (χ3v) is 3.79. The van der Waals surface area contributed by atoms with Gasteiger partial charge < -0.3 is 19.5 Å². The maximum absolute atomic E-state index is 12.6. The van der Waals surface area contributed by atoms with Crippen LogP contribution in [-0.4, -0.2) is 27.2 Å². The van der Waals surface area contributed by atoms with Crippen molar-refractivity contribution in [2.24, 2.45) is 0 Å². The van der Waals surface area contributed by atoms with Crippen LogP contribution in [0.15, 0.2) is 36.4 Å². The Bertz CT molecular complexity index is 708. The van der Waals surface area contributed by atoms with Gasteiger partial charge in [-0.2, -0.15) is 0 Å². The molecular weight excluding hydrogens is 306 g/mol. The first-order chi connectivity index (χ1) is 11.5. The highest BCUT2D eigenvalue weighted by Crippen LogP contribution is 2.35. The number of methoxy groups -OCH3 is 3. The molecule has 1 N–H and O–H groups in total. The Labute approximate surface area is 142 Å². The standard InChI is InChI=1S/C19H23NO4/c1-12(2)13-6-8-14(9-7-13)20-19(21)15-10-17(23-4)18(24-5)11-16(15)22-3/h6-12H,1-5H3,(H,20,21). The molecule has 0 bridgehead atoms. The van der Waals surface area contributed by atoms with Crippen molar-refractivity contribution in [1.82, 2.24) is 0 Å². The minimum absolute atomic E-state index is 0.273. The monoisotopic (exact) mass is 329 g/mol. The fourth-order valence-corrected chi connectivity index (χ4v) is 2.36. The van der Waals surface area contributed by atoms with Crippen LogP contribution < -0.4 is 19.5 Å². The van der Waals surface area contributed by atoms with Crippen molar-refractivity contribution in [2.75, 3.05) is 26.6 Å². The lowest BCUT2D eigenvalue weighted by Crippen LogP contribution is -2.13. The molecule has 2 aromatic rings. The van der Waals surface area contributed by atoms with Crippen molar-refractivity contribution in [3.8, 4) is 17.2 Å². The van der Waals surface area contributed by atoms with Crippen molar-refractivity contribution in [2.45, 2.75) is 19.8 Å². The predicted molar refractivity (Wildman–Crippen MR) is 94.6 cm³/mol. The van der Waals surface area contributed by atoms with E-state index in [0.29, 0.717) is 28.7 Å². The Hall–Kier alpha value is -2.69. The van der Waals surface area contributed by atoms with E-state index in [9.17, 15) is 4.79 Å². The summed E-state index contributed by atoms with van der Waals surface area (Å²) in [5, 5.41) is 2.87. The molecule has 0 spiro atoms. The number of ether oxygens (including phenoxy) is 3. The Morgan fingerprint density at radius 2 is 1.42 bits per heavy atom. The van der Waals surface area contributed by atoms with Crippen molar-refractivity contribution in [3.05, 3.63) is 47.5 Å². The summed E-state index contributed by atoms with van der Waals surface area (Å²) in [4.78, 5) is 12.6. The molecule has 0 heterocycles. The largest absolute Gasteiger partial charge is 0.496 e. The average Bonchev–Trinajstić information content (AvgIpc) is 2.60. The van der Waals surface area contributed by atoms with Crippen molar-refractivity contribution >= 4 is 11.6 Å². The molecular formula is C19H23NO4. The quantitative estimate of drug-likeness (QED) is 0.867. The van der Waals surface area contributed by atoms with E-state index in [1.54, 1.807) is 12.1 Å². The Morgan fingerprint density at radius 3 is 1.92 bits per heavy atom. The third-order valence-electron chi connectivity index (χ3n) is 3.79. The zero-order chi connectivity index (χ0) is 17.7. The van der Waals surface area contributed by atoms with Gasteiger partial charge in [0, 0.05) is 17.8 Å². The number of nitrogens with one attached hydrogen (secondary N) is 1. The van der Waals surface area contributed by atoms with Gasteiger partial charge in [-0.1, -0.05) is 26.0 Å². The van der Waals surface area contributed by atoms with Crippen LogP contribution in [0.25, 0.3) is 0 Å². The number of hydrogen-bond acceptors (Lipinski definition) is 4. The van der Waals surface area contributed by atoms with Gasteiger partial charge >= 0.3 is 0 Å². The van der Waals surface area contributed by atoms with Gasteiger partial charge in [0.2, 0.25) is 0 Å². The molecule has 0 aliphatic heterocycles. The SMILES string of the molecule is COc1cc(OC)c(C(=O)Nc2ccc(C(C)C)cc2)cc1OC. The van der Waals surface area contributed by atoms with Crippen LogP contribution >= 0.6 is 0 Å². The molecule has 0 atom stereocenters. The second-order valence-electron chi connectivity index (χ2n) is 5.64. The zero-order valence-electron chi connectivity index (χ0n) is 14.7. The van der Waals surface area contributed by atoms with Gasteiger partial charge in [0.05, 0.1) is 26.9 Å². The number of hydrogen-bond donors (Lipinski definition) is 1. The second kappa shape index (κ2) is 7.73. The average molecular weight is 329 g/mol. The predicted octanol–water partition coefficient (Wildman–Crippen LogP) is 4.09. The molecule has 2 aromatic carbocycles. The number of carbonyl (C=O) groups excluding carboxylic acids is 1. The van der Waals surface area contributed by atoms with Gasteiger partial charge in [-0.25, -0.2) is 0 Å². The van der Waals surface area contributed by atoms with E-state index in [1.807, 2.05) is 24.3 Å². The van der Waals surface area contributed by atoms with E-state index >= 15 is 0 Å². The molecule has 5 nitrogen and oxygen atoms in total. The first-order valence-corrected chi connectivity index (χ1v) is 7.71. The maximum atomic E-state index is 12.6. The Morgan fingerprint density at radius 1 is 0.875 bits per heavy atom. The molecule has 0 saturated heterocycles. The van der Waals surface area contributed by atoms with E-state index in [-0.39, 0.29) is 5.91 Å². The summed E-state index contributed by atoms with van der Waals surface area (Å²) in [6.07, 6.45) is 0. The lowest BCUT2D eigenvalue weighted by molar-refractivity contribution is 0.102. The number of benzene rings is 2. The molecule has 2 rings (SSSR count). The molecule has 0 aliphatic rings. The van der Waals surface area contributed by atoms with E-state index < -0.39 is 0 Å². The highest BCUT2D eigenvalue weighted by Gasteiger charge is 2.18. The first kappa shape index (κ1) is 17.7. The molecule has 5 heteroatoms. The van der Waals surface area contributed by atoms with Gasteiger partial charge in [0.1, 0.15) is 5.75 Å². The molecule has 0 unspecified atom stereocenters. The van der Waals surface area contributed by atoms with Crippen LogP contribution in [0.2, 0.25) is 0 Å². The third kappa shape index (κ3) is 3.79. The molecule has 1 amide bonds. The van der Waals surface area contributed by atoms with E-state index in [1.165, 1.54) is 26.9 Å². The van der Waals surface area contributed by atoms with Gasteiger partial charge in [-0.3, -0.25) is 4.79 Å². The number of amides is 1. The Balaban J connectivity index is 2.28. The smallest absolute Gasteiger partial charge is 0.259 e. The molecule has 0 fully saturated rings. The number of rotatable bonds is 6. The topological polar surface area (TPSA) is 56.8 Å². The number of anilines is 1. The van der Waals surface area contributed by atoms with Crippen LogP contribution in [0.3, 0.4) is 0 Å². The summed E-state index contributed by atoms with van der Waals surface area (Å²) >= 11 is 0. The minimum Gasteiger partial charge on any atom is -0.496 e. The van der Waals surface area contributed by atoms with Crippen LogP contribution in [-0.2, 0) is 0 Å². The van der Waals surface area contributed by atoms with Gasteiger partial charge in [0.15, 0.2) is 11.5 Å². The van der Waals surface area contributed by atoms with Gasteiger partial charge in [-0.05, 0) is 23.6 Å². The Kier molecular flexibility index (Phi) is 5.68. The van der Waals surface area contributed by atoms with Gasteiger partial charge in [-0.15, -0.1) is 0 Å². The summed E-state index contributed by atoms with van der Waals surface area (Å²) in [6, 6.07) is 11.0.